The monoisotopic (exact) mass is 257 g/mol. The third-order valence-corrected chi connectivity index (χ3v) is 8.01. The summed E-state index contributed by atoms with van der Waals surface area (Å²) in [5.74, 6) is 1.41. The Bertz CT molecular complexity index is 208. The maximum absolute atomic E-state index is 11.3. The Morgan fingerprint density at radius 1 is 0.941 bits per heavy atom. The molecule has 3 heteroatoms. The number of carbonyl (C=O) groups is 1. The Kier molecular flexibility index (Phi) is 7.06. The van der Waals surface area contributed by atoms with E-state index in [9.17, 15) is 4.79 Å². The molecule has 0 aromatic heterocycles. The van der Waals surface area contributed by atoms with Gasteiger partial charge in [-0.2, -0.15) is 0 Å². The van der Waals surface area contributed by atoms with Gasteiger partial charge in [0.25, 0.3) is 14.3 Å². The van der Waals surface area contributed by atoms with Crippen LogP contribution in [0.2, 0.25) is 18.1 Å². The minimum atomic E-state index is -1.96. The van der Waals surface area contributed by atoms with Gasteiger partial charge in [-0.3, -0.25) is 4.79 Å². The lowest BCUT2D eigenvalue weighted by Crippen LogP contribution is -2.43. The summed E-state index contributed by atoms with van der Waals surface area (Å²) in [6.45, 7) is 16.7. The van der Waals surface area contributed by atoms with Gasteiger partial charge in [-0.15, -0.1) is 0 Å². The van der Waals surface area contributed by atoms with E-state index in [-0.39, 0.29) is 5.97 Å². The van der Waals surface area contributed by atoms with Gasteiger partial charge >= 0.3 is 0 Å². The molecule has 0 spiro atoms. The highest BCUT2D eigenvalue weighted by molar-refractivity contribution is 6.75. The predicted octanol–water partition coefficient (Wildman–Crippen LogP) is 4.28. The largest absolute Gasteiger partial charge is 0.519 e. The molecule has 1 radical (unpaired) electrons. The zero-order valence-corrected chi connectivity index (χ0v) is 13.4. The molecule has 0 aromatic rings. The van der Waals surface area contributed by atoms with Crippen LogP contribution in [0.25, 0.3) is 0 Å². The molecule has 0 unspecified atom stereocenters. The summed E-state index contributed by atoms with van der Waals surface area (Å²) < 4.78 is 5.76. The van der Waals surface area contributed by atoms with Gasteiger partial charge in [0.1, 0.15) is 0 Å². The molecule has 0 fully saturated rings. The normalized spacial score (nSPS) is 12.6. The van der Waals surface area contributed by atoms with Crippen LogP contribution in [-0.4, -0.2) is 14.3 Å². The second kappa shape index (κ2) is 7.19. The van der Waals surface area contributed by atoms with E-state index >= 15 is 0 Å². The maximum atomic E-state index is 11.3. The van der Waals surface area contributed by atoms with E-state index in [0.717, 1.165) is 18.1 Å². The fraction of sp³-hybridized carbons (Fsp3) is 0.857. The van der Waals surface area contributed by atoms with E-state index in [0.29, 0.717) is 17.8 Å². The van der Waals surface area contributed by atoms with E-state index in [4.69, 9.17) is 4.43 Å². The predicted molar refractivity (Wildman–Crippen MR) is 76.1 cm³/mol. The highest BCUT2D eigenvalue weighted by Gasteiger charge is 2.39. The van der Waals surface area contributed by atoms with Gasteiger partial charge in [-0.05, 0) is 35.9 Å². The summed E-state index contributed by atoms with van der Waals surface area (Å²) >= 11 is 0. The van der Waals surface area contributed by atoms with Crippen LogP contribution in [0.15, 0.2) is 0 Å². The molecular weight excluding hydrogens is 228 g/mol. The van der Waals surface area contributed by atoms with Gasteiger partial charge in [0.05, 0.1) is 6.92 Å². The maximum Gasteiger partial charge on any atom is 0.293 e. The summed E-state index contributed by atoms with van der Waals surface area (Å²) in [5, 5.41) is 0. The van der Waals surface area contributed by atoms with Gasteiger partial charge in [0.15, 0.2) is 0 Å². The molecule has 17 heavy (non-hydrogen) atoms. The minimum absolute atomic E-state index is 0.335. The first-order valence-electron chi connectivity index (χ1n) is 6.72. The smallest absolute Gasteiger partial charge is 0.293 e. The summed E-state index contributed by atoms with van der Waals surface area (Å²) in [4.78, 5) is 11.3. The quantitative estimate of drug-likeness (QED) is 0.636. The first-order chi connectivity index (χ1) is 7.67. The molecule has 0 aromatic carbocycles. The minimum Gasteiger partial charge on any atom is -0.519 e. The van der Waals surface area contributed by atoms with Crippen molar-refractivity contribution in [3.63, 3.8) is 0 Å². The topological polar surface area (TPSA) is 26.3 Å². The molecule has 0 rings (SSSR count). The molecule has 101 valence electrons. The molecule has 0 bridgehead atoms. The van der Waals surface area contributed by atoms with Crippen molar-refractivity contribution in [3.05, 3.63) is 6.92 Å². The van der Waals surface area contributed by atoms with Crippen molar-refractivity contribution in [2.75, 3.05) is 0 Å². The van der Waals surface area contributed by atoms with Crippen LogP contribution < -0.4 is 0 Å². The zero-order chi connectivity index (χ0) is 13.6. The van der Waals surface area contributed by atoms with Crippen LogP contribution in [0.3, 0.4) is 0 Å². The lowest BCUT2D eigenvalue weighted by Gasteiger charge is -2.35. The van der Waals surface area contributed by atoms with Crippen LogP contribution in [0.5, 0.6) is 0 Å². The standard InChI is InChI=1S/C14H29O2Si/c1-11(2)8-17(9-12(3)4,10-13(5)6)16-14(7)15/h11-13H,7-10H2,1-6H3. The van der Waals surface area contributed by atoms with Crippen LogP contribution in [-0.2, 0) is 9.22 Å². The van der Waals surface area contributed by atoms with Crippen LogP contribution in [0.4, 0.5) is 0 Å². The lowest BCUT2D eigenvalue weighted by molar-refractivity contribution is -0.130. The molecule has 0 aliphatic carbocycles. The molecule has 0 saturated heterocycles. The summed E-state index contributed by atoms with van der Waals surface area (Å²) in [6.07, 6.45) is 0. The Morgan fingerprint density at radius 3 is 1.41 bits per heavy atom. The van der Waals surface area contributed by atoms with E-state index < -0.39 is 8.32 Å². The molecule has 0 amide bonds. The third kappa shape index (κ3) is 7.58. The van der Waals surface area contributed by atoms with Crippen LogP contribution in [0.1, 0.15) is 41.5 Å². The molecule has 0 aliphatic heterocycles. The first kappa shape index (κ1) is 16.7. The number of rotatable bonds is 7. The van der Waals surface area contributed by atoms with E-state index in [1.54, 1.807) is 0 Å². The summed E-state index contributed by atoms with van der Waals surface area (Å²) in [7, 11) is -1.96. The van der Waals surface area contributed by atoms with Crippen molar-refractivity contribution < 1.29 is 9.22 Å². The molecular formula is C14H29O2Si. The average molecular weight is 257 g/mol. The van der Waals surface area contributed by atoms with Gasteiger partial charge < -0.3 is 4.43 Å². The Labute approximate surface area is 108 Å². The SMILES string of the molecule is [CH2]C(=O)O[Si](CC(C)C)(CC(C)C)CC(C)C. The number of hydrogen-bond acceptors (Lipinski definition) is 2. The molecule has 0 atom stereocenters. The Hall–Kier alpha value is -0.313. The Balaban J connectivity index is 4.96. The van der Waals surface area contributed by atoms with Crippen LogP contribution in [0, 0.1) is 24.7 Å². The molecule has 0 N–H and O–H groups in total. The highest BCUT2D eigenvalue weighted by Crippen LogP contribution is 2.33. The van der Waals surface area contributed by atoms with E-state index in [1.165, 1.54) is 0 Å². The van der Waals surface area contributed by atoms with Crippen molar-refractivity contribution in [2.45, 2.75) is 59.7 Å². The average Bonchev–Trinajstić information content (AvgIpc) is 1.95. The van der Waals surface area contributed by atoms with Gasteiger partial charge in [-0.1, -0.05) is 41.5 Å². The first-order valence-corrected chi connectivity index (χ1v) is 9.25. The van der Waals surface area contributed by atoms with Crippen molar-refractivity contribution in [1.29, 1.82) is 0 Å². The highest BCUT2D eigenvalue weighted by atomic mass is 28.4. The lowest BCUT2D eigenvalue weighted by atomic mass is 10.2. The molecule has 0 heterocycles. The van der Waals surface area contributed by atoms with Crippen molar-refractivity contribution in [2.24, 2.45) is 17.8 Å². The number of carbonyl (C=O) groups excluding carboxylic acids is 1. The van der Waals surface area contributed by atoms with E-state index in [2.05, 4.69) is 48.5 Å². The molecule has 0 saturated carbocycles. The van der Waals surface area contributed by atoms with Crippen molar-refractivity contribution in [1.82, 2.24) is 0 Å². The van der Waals surface area contributed by atoms with Crippen molar-refractivity contribution in [3.8, 4) is 0 Å². The molecule has 0 aliphatic rings. The molecule has 2 nitrogen and oxygen atoms in total. The fourth-order valence-corrected chi connectivity index (χ4v) is 8.55. The van der Waals surface area contributed by atoms with Crippen molar-refractivity contribution >= 4 is 14.3 Å². The van der Waals surface area contributed by atoms with Gasteiger partial charge in [0, 0.05) is 0 Å². The zero-order valence-electron chi connectivity index (χ0n) is 12.4. The van der Waals surface area contributed by atoms with Gasteiger partial charge in [-0.25, -0.2) is 0 Å². The Morgan fingerprint density at radius 2 is 1.24 bits per heavy atom. The van der Waals surface area contributed by atoms with E-state index in [1.807, 2.05) is 0 Å². The fourth-order valence-electron chi connectivity index (χ4n) is 2.85. The number of hydrogen-bond donors (Lipinski definition) is 0. The summed E-state index contributed by atoms with van der Waals surface area (Å²) in [6, 6.07) is 3.18. The van der Waals surface area contributed by atoms with Gasteiger partial charge in [0.2, 0.25) is 0 Å². The second-order valence-electron chi connectivity index (χ2n) is 6.45. The third-order valence-electron chi connectivity index (χ3n) is 2.67. The van der Waals surface area contributed by atoms with Crippen LogP contribution >= 0.6 is 0 Å². The summed E-state index contributed by atoms with van der Waals surface area (Å²) in [5.41, 5.74) is 0. The second-order valence-corrected chi connectivity index (χ2v) is 10.2.